The van der Waals surface area contributed by atoms with Crippen molar-refractivity contribution in [2.75, 3.05) is 7.05 Å². The molecule has 0 amide bonds. The molecule has 0 saturated heterocycles. The SMILES string of the molecule is CN=C(C)c1c(C)cccc1I. The smallest absolute Gasteiger partial charge is 0.0399 e. The average molecular weight is 273 g/mol. The van der Waals surface area contributed by atoms with Gasteiger partial charge < -0.3 is 0 Å². The zero-order chi connectivity index (χ0) is 9.14. The summed E-state index contributed by atoms with van der Waals surface area (Å²) in [5.41, 5.74) is 3.68. The van der Waals surface area contributed by atoms with Crippen LogP contribution in [0.4, 0.5) is 0 Å². The van der Waals surface area contributed by atoms with Gasteiger partial charge in [-0.15, -0.1) is 0 Å². The minimum absolute atomic E-state index is 1.11. The van der Waals surface area contributed by atoms with Crippen molar-refractivity contribution in [3.05, 3.63) is 32.9 Å². The van der Waals surface area contributed by atoms with E-state index in [2.05, 4.69) is 52.7 Å². The van der Waals surface area contributed by atoms with Gasteiger partial charge in [-0.05, 0) is 48.1 Å². The van der Waals surface area contributed by atoms with Crippen LogP contribution in [0.5, 0.6) is 0 Å². The normalized spacial score (nSPS) is 11.8. The van der Waals surface area contributed by atoms with Crippen LogP contribution in [-0.4, -0.2) is 12.8 Å². The van der Waals surface area contributed by atoms with Crippen molar-refractivity contribution in [1.82, 2.24) is 0 Å². The first-order valence-corrected chi connectivity index (χ1v) is 4.93. The third-order valence-electron chi connectivity index (χ3n) is 1.92. The highest BCUT2D eigenvalue weighted by atomic mass is 127. The second-order valence-electron chi connectivity index (χ2n) is 2.74. The van der Waals surface area contributed by atoms with Crippen molar-refractivity contribution in [3.8, 4) is 0 Å². The molecule has 0 aromatic heterocycles. The van der Waals surface area contributed by atoms with Gasteiger partial charge in [-0.1, -0.05) is 12.1 Å². The third kappa shape index (κ3) is 1.86. The summed E-state index contributed by atoms with van der Waals surface area (Å²) in [6, 6.07) is 6.30. The second kappa shape index (κ2) is 4.03. The molecule has 0 heterocycles. The van der Waals surface area contributed by atoms with E-state index in [1.807, 2.05) is 14.0 Å². The highest BCUT2D eigenvalue weighted by Crippen LogP contribution is 2.16. The average Bonchev–Trinajstić information content (AvgIpc) is 2.03. The first kappa shape index (κ1) is 9.71. The lowest BCUT2D eigenvalue weighted by molar-refractivity contribution is 1.35. The lowest BCUT2D eigenvalue weighted by atomic mass is 10.1. The number of benzene rings is 1. The number of rotatable bonds is 1. The Labute approximate surface area is 87.0 Å². The van der Waals surface area contributed by atoms with Gasteiger partial charge in [0, 0.05) is 21.9 Å². The Morgan fingerprint density at radius 1 is 1.42 bits per heavy atom. The molecule has 1 rings (SSSR count). The summed E-state index contributed by atoms with van der Waals surface area (Å²) in [6.07, 6.45) is 0. The topological polar surface area (TPSA) is 12.4 Å². The Morgan fingerprint density at radius 3 is 2.58 bits per heavy atom. The monoisotopic (exact) mass is 273 g/mol. The van der Waals surface area contributed by atoms with E-state index in [9.17, 15) is 0 Å². The zero-order valence-corrected chi connectivity index (χ0v) is 9.71. The van der Waals surface area contributed by atoms with Gasteiger partial charge in [-0.3, -0.25) is 4.99 Å². The van der Waals surface area contributed by atoms with Gasteiger partial charge in [-0.25, -0.2) is 0 Å². The van der Waals surface area contributed by atoms with Gasteiger partial charge in [0.25, 0.3) is 0 Å². The van der Waals surface area contributed by atoms with Gasteiger partial charge in [0.05, 0.1) is 0 Å². The summed E-state index contributed by atoms with van der Waals surface area (Å²) in [5.74, 6) is 0. The largest absolute Gasteiger partial charge is 0.293 e. The molecule has 12 heavy (non-hydrogen) atoms. The van der Waals surface area contributed by atoms with Crippen LogP contribution in [0.15, 0.2) is 23.2 Å². The minimum atomic E-state index is 1.11. The Kier molecular flexibility index (Phi) is 3.26. The maximum atomic E-state index is 4.19. The van der Waals surface area contributed by atoms with E-state index < -0.39 is 0 Å². The predicted octanol–water partition coefficient (Wildman–Crippen LogP) is 3.04. The Hall–Kier alpha value is -0.380. The lowest BCUT2D eigenvalue weighted by Crippen LogP contribution is -2.00. The molecule has 2 heteroatoms. The van der Waals surface area contributed by atoms with E-state index in [-0.39, 0.29) is 0 Å². The van der Waals surface area contributed by atoms with Crippen molar-refractivity contribution >= 4 is 28.3 Å². The molecule has 1 nitrogen and oxygen atoms in total. The Morgan fingerprint density at radius 2 is 2.08 bits per heavy atom. The molecule has 0 aliphatic rings. The Bertz CT molecular complexity index is 295. The van der Waals surface area contributed by atoms with Crippen LogP contribution < -0.4 is 0 Å². The van der Waals surface area contributed by atoms with Gasteiger partial charge in [-0.2, -0.15) is 0 Å². The van der Waals surface area contributed by atoms with Crippen LogP contribution in [0, 0.1) is 10.5 Å². The van der Waals surface area contributed by atoms with Gasteiger partial charge in [0.15, 0.2) is 0 Å². The van der Waals surface area contributed by atoms with E-state index in [1.165, 1.54) is 14.7 Å². The van der Waals surface area contributed by atoms with Crippen molar-refractivity contribution in [3.63, 3.8) is 0 Å². The molecule has 1 aromatic rings. The number of aliphatic imine (C=N–C) groups is 1. The molecule has 1 aromatic carbocycles. The van der Waals surface area contributed by atoms with Crippen molar-refractivity contribution in [1.29, 1.82) is 0 Å². The van der Waals surface area contributed by atoms with E-state index in [4.69, 9.17) is 0 Å². The minimum Gasteiger partial charge on any atom is -0.293 e. The number of aryl methyl sites for hydroxylation is 1. The van der Waals surface area contributed by atoms with Crippen LogP contribution in [-0.2, 0) is 0 Å². The van der Waals surface area contributed by atoms with Crippen molar-refractivity contribution in [2.45, 2.75) is 13.8 Å². The highest BCUT2D eigenvalue weighted by Gasteiger charge is 2.04. The maximum absolute atomic E-state index is 4.19. The first-order chi connectivity index (χ1) is 5.66. The molecule has 0 unspecified atom stereocenters. The van der Waals surface area contributed by atoms with Crippen molar-refractivity contribution in [2.24, 2.45) is 4.99 Å². The molecular formula is C10H12IN. The van der Waals surface area contributed by atoms with Crippen LogP contribution in [0.25, 0.3) is 0 Å². The number of halogens is 1. The molecular weight excluding hydrogens is 261 g/mol. The molecule has 0 aliphatic heterocycles. The molecule has 0 bridgehead atoms. The van der Waals surface area contributed by atoms with E-state index in [1.54, 1.807) is 0 Å². The molecule has 0 atom stereocenters. The number of hydrogen-bond acceptors (Lipinski definition) is 1. The lowest BCUT2D eigenvalue weighted by Gasteiger charge is -2.06. The first-order valence-electron chi connectivity index (χ1n) is 3.85. The molecule has 0 N–H and O–H groups in total. The van der Waals surface area contributed by atoms with E-state index >= 15 is 0 Å². The summed E-state index contributed by atoms with van der Waals surface area (Å²) < 4.78 is 1.27. The highest BCUT2D eigenvalue weighted by molar-refractivity contribution is 14.1. The van der Waals surface area contributed by atoms with Crippen LogP contribution in [0.3, 0.4) is 0 Å². The third-order valence-corrected chi connectivity index (χ3v) is 2.82. The van der Waals surface area contributed by atoms with Crippen LogP contribution >= 0.6 is 22.6 Å². The van der Waals surface area contributed by atoms with Gasteiger partial charge in [0.1, 0.15) is 0 Å². The van der Waals surface area contributed by atoms with Crippen LogP contribution in [0.2, 0.25) is 0 Å². The molecule has 0 aliphatic carbocycles. The summed E-state index contributed by atoms with van der Waals surface area (Å²) >= 11 is 2.34. The Balaban J connectivity index is 3.31. The van der Waals surface area contributed by atoms with Crippen LogP contribution in [0.1, 0.15) is 18.1 Å². The predicted molar refractivity (Wildman–Crippen MR) is 62.0 cm³/mol. The van der Waals surface area contributed by atoms with Gasteiger partial charge in [0.2, 0.25) is 0 Å². The molecule has 0 spiro atoms. The number of hydrogen-bond donors (Lipinski definition) is 0. The van der Waals surface area contributed by atoms with E-state index in [0.29, 0.717) is 0 Å². The van der Waals surface area contributed by atoms with Gasteiger partial charge >= 0.3 is 0 Å². The van der Waals surface area contributed by atoms with Crippen molar-refractivity contribution < 1.29 is 0 Å². The second-order valence-corrected chi connectivity index (χ2v) is 3.90. The molecule has 64 valence electrons. The maximum Gasteiger partial charge on any atom is 0.0399 e. The van der Waals surface area contributed by atoms with E-state index in [0.717, 1.165) is 5.71 Å². The molecule has 0 saturated carbocycles. The zero-order valence-electron chi connectivity index (χ0n) is 7.56. The number of nitrogens with zero attached hydrogens (tertiary/aromatic N) is 1. The standard InChI is InChI=1S/C10H12IN/c1-7-5-4-6-9(11)10(7)8(2)12-3/h4-6H,1-3H3. The summed E-state index contributed by atoms with van der Waals surface area (Å²) in [7, 11) is 1.83. The fraction of sp³-hybridized carbons (Fsp3) is 0.300. The summed E-state index contributed by atoms with van der Waals surface area (Å²) in [6.45, 7) is 4.16. The summed E-state index contributed by atoms with van der Waals surface area (Å²) in [4.78, 5) is 4.19. The summed E-state index contributed by atoms with van der Waals surface area (Å²) in [5, 5.41) is 0. The molecule has 0 fully saturated rings. The fourth-order valence-corrected chi connectivity index (χ4v) is 2.23. The quantitative estimate of drug-likeness (QED) is 0.551. The molecule has 0 radical (unpaired) electrons. The fourth-order valence-electron chi connectivity index (χ4n) is 1.20.